The SMILES string of the molecule is CC(NS(=O)(=O)c1cccc(Br)c1)c1ccco1. The highest BCUT2D eigenvalue weighted by Gasteiger charge is 2.19. The van der Waals surface area contributed by atoms with Gasteiger partial charge in [-0.05, 0) is 37.3 Å². The molecule has 18 heavy (non-hydrogen) atoms. The van der Waals surface area contributed by atoms with Crippen LogP contribution in [-0.4, -0.2) is 8.42 Å². The molecule has 96 valence electrons. The number of benzene rings is 1. The van der Waals surface area contributed by atoms with Crippen LogP contribution in [0, 0.1) is 0 Å². The number of halogens is 1. The van der Waals surface area contributed by atoms with Gasteiger partial charge >= 0.3 is 0 Å². The van der Waals surface area contributed by atoms with Crippen molar-refractivity contribution in [3.05, 3.63) is 52.9 Å². The van der Waals surface area contributed by atoms with Gasteiger partial charge in [0, 0.05) is 4.47 Å². The lowest BCUT2D eigenvalue weighted by Crippen LogP contribution is -2.26. The molecule has 0 fully saturated rings. The van der Waals surface area contributed by atoms with Gasteiger partial charge in [0.2, 0.25) is 10.0 Å². The van der Waals surface area contributed by atoms with E-state index in [0.717, 1.165) is 4.47 Å². The lowest BCUT2D eigenvalue weighted by molar-refractivity contribution is 0.459. The Morgan fingerprint density at radius 3 is 2.67 bits per heavy atom. The van der Waals surface area contributed by atoms with Crippen molar-refractivity contribution in [3.63, 3.8) is 0 Å². The number of furan rings is 1. The Morgan fingerprint density at radius 1 is 1.28 bits per heavy atom. The predicted molar refractivity (Wildman–Crippen MR) is 71.6 cm³/mol. The minimum Gasteiger partial charge on any atom is -0.468 e. The first-order chi connectivity index (χ1) is 8.49. The average molecular weight is 330 g/mol. The predicted octanol–water partition coefficient (Wildman–Crippen LogP) is 3.08. The fraction of sp³-hybridized carbons (Fsp3) is 0.167. The highest BCUT2D eigenvalue weighted by molar-refractivity contribution is 9.10. The Kier molecular flexibility index (Phi) is 3.89. The van der Waals surface area contributed by atoms with Crippen molar-refractivity contribution in [2.24, 2.45) is 0 Å². The van der Waals surface area contributed by atoms with Gasteiger partial charge in [0.25, 0.3) is 0 Å². The first-order valence-electron chi connectivity index (χ1n) is 5.30. The van der Waals surface area contributed by atoms with E-state index in [-0.39, 0.29) is 4.90 Å². The standard InChI is InChI=1S/C12H12BrNO3S/c1-9(12-6-3-7-17-12)14-18(15,16)11-5-2-4-10(13)8-11/h2-9,14H,1H3. The van der Waals surface area contributed by atoms with Gasteiger partial charge in [0.05, 0.1) is 17.2 Å². The summed E-state index contributed by atoms with van der Waals surface area (Å²) in [7, 11) is -3.55. The second-order valence-corrected chi connectivity index (χ2v) is 6.45. The van der Waals surface area contributed by atoms with Crippen LogP contribution in [0.5, 0.6) is 0 Å². The van der Waals surface area contributed by atoms with Crippen LogP contribution in [0.2, 0.25) is 0 Å². The molecule has 0 bridgehead atoms. The molecule has 0 spiro atoms. The van der Waals surface area contributed by atoms with Crippen molar-refractivity contribution in [1.29, 1.82) is 0 Å². The number of hydrogen-bond donors (Lipinski definition) is 1. The van der Waals surface area contributed by atoms with Crippen molar-refractivity contribution in [3.8, 4) is 0 Å². The molecule has 0 radical (unpaired) electrons. The van der Waals surface area contributed by atoms with E-state index in [4.69, 9.17) is 4.42 Å². The van der Waals surface area contributed by atoms with E-state index in [2.05, 4.69) is 20.7 Å². The highest BCUT2D eigenvalue weighted by Crippen LogP contribution is 2.19. The first-order valence-corrected chi connectivity index (χ1v) is 7.58. The van der Waals surface area contributed by atoms with E-state index in [1.54, 1.807) is 43.3 Å². The quantitative estimate of drug-likeness (QED) is 0.937. The normalized spacial score (nSPS) is 13.4. The molecule has 1 atom stereocenters. The number of sulfonamides is 1. The maximum Gasteiger partial charge on any atom is 0.241 e. The van der Waals surface area contributed by atoms with E-state index in [0.29, 0.717) is 5.76 Å². The largest absolute Gasteiger partial charge is 0.468 e. The summed E-state index contributed by atoms with van der Waals surface area (Å²) >= 11 is 3.25. The second-order valence-electron chi connectivity index (χ2n) is 3.82. The fourth-order valence-corrected chi connectivity index (χ4v) is 3.34. The van der Waals surface area contributed by atoms with Gasteiger partial charge in [0.15, 0.2) is 0 Å². The summed E-state index contributed by atoms with van der Waals surface area (Å²) in [4.78, 5) is 0.218. The van der Waals surface area contributed by atoms with Crippen LogP contribution in [-0.2, 0) is 10.0 Å². The molecule has 2 rings (SSSR count). The van der Waals surface area contributed by atoms with Gasteiger partial charge in [-0.3, -0.25) is 0 Å². The molecule has 1 aromatic heterocycles. The summed E-state index contributed by atoms with van der Waals surface area (Å²) in [6, 6.07) is 9.58. The minimum absolute atomic E-state index is 0.218. The maximum atomic E-state index is 12.1. The second kappa shape index (κ2) is 5.26. The molecule has 0 saturated heterocycles. The van der Waals surface area contributed by atoms with Gasteiger partial charge < -0.3 is 4.42 Å². The molecule has 0 aliphatic carbocycles. The molecule has 6 heteroatoms. The van der Waals surface area contributed by atoms with Gasteiger partial charge in [-0.2, -0.15) is 0 Å². The highest BCUT2D eigenvalue weighted by atomic mass is 79.9. The van der Waals surface area contributed by atoms with Gasteiger partial charge in [-0.25, -0.2) is 13.1 Å². The molecular formula is C12H12BrNO3S. The summed E-state index contributed by atoms with van der Waals surface area (Å²) in [6.45, 7) is 1.73. The molecule has 0 amide bonds. The average Bonchev–Trinajstić information content (AvgIpc) is 2.82. The lowest BCUT2D eigenvalue weighted by atomic mass is 10.3. The topological polar surface area (TPSA) is 59.3 Å². The van der Waals surface area contributed by atoms with Gasteiger partial charge in [-0.15, -0.1) is 0 Å². The first kappa shape index (κ1) is 13.3. The molecule has 4 nitrogen and oxygen atoms in total. The number of rotatable bonds is 4. The molecule has 1 N–H and O–H groups in total. The maximum absolute atomic E-state index is 12.1. The molecular weight excluding hydrogens is 318 g/mol. The number of nitrogens with one attached hydrogen (secondary N) is 1. The Labute approximate surface area is 114 Å². The molecule has 0 aliphatic rings. The van der Waals surface area contributed by atoms with Crippen LogP contribution in [0.25, 0.3) is 0 Å². The zero-order valence-electron chi connectivity index (χ0n) is 9.63. The molecule has 1 unspecified atom stereocenters. The van der Waals surface area contributed by atoms with Gasteiger partial charge in [-0.1, -0.05) is 22.0 Å². The minimum atomic E-state index is -3.55. The van der Waals surface area contributed by atoms with E-state index in [9.17, 15) is 8.42 Å². The van der Waals surface area contributed by atoms with Crippen molar-refractivity contribution >= 4 is 26.0 Å². The summed E-state index contributed by atoms with van der Waals surface area (Å²) in [5.74, 6) is 0.577. The third-order valence-corrected chi connectivity index (χ3v) is 4.44. The Hall–Kier alpha value is -1.11. The van der Waals surface area contributed by atoms with Crippen LogP contribution in [0.15, 0.2) is 56.4 Å². The van der Waals surface area contributed by atoms with E-state index in [1.165, 1.54) is 6.26 Å². The van der Waals surface area contributed by atoms with Crippen molar-refractivity contribution in [2.45, 2.75) is 17.9 Å². The van der Waals surface area contributed by atoms with Crippen molar-refractivity contribution in [2.75, 3.05) is 0 Å². The summed E-state index contributed by atoms with van der Waals surface area (Å²) in [6.07, 6.45) is 1.51. The van der Waals surface area contributed by atoms with Crippen LogP contribution in [0.4, 0.5) is 0 Å². The van der Waals surface area contributed by atoms with Crippen LogP contribution in [0.3, 0.4) is 0 Å². The van der Waals surface area contributed by atoms with E-state index >= 15 is 0 Å². The molecule has 2 aromatic rings. The van der Waals surface area contributed by atoms with E-state index < -0.39 is 16.1 Å². The third-order valence-electron chi connectivity index (χ3n) is 2.41. The van der Waals surface area contributed by atoms with Crippen LogP contribution in [0.1, 0.15) is 18.7 Å². The fourth-order valence-electron chi connectivity index (χ4n) is 1.53. The molecule has 1 aromatic carbocycles. The Bertz CT molecular complexity index is 623. The van der Waals surface area contributed by atoms with Crippen molar-refractivity contribution in [1.82, 2.24) is 4.72 Å². The van der Waals surface area contributed by atoms with Gasteiger partial charge in [0.1, 0.15) is 5.76 Å². The number of hydrogen-bond acceptors (Lipinski definition) is 3. The van der Waals surface area contributed by atoms with Crippen LogP contribution < -0.4 is 4.72 Å². The molecule has 0 saturated carbocycles. The Morgan fingerprint density at radius 2 is 2.06 bits per heavy atom. The lowest BCUT2D eigenvalue weighted by Gasteiger charge is -2.12. The zero-order chi connectivity index (χ0) is 13.2. The van der Waals surface area contributed by atoms with E-state index in [1.807, 2.05) is 0 Å². The Balaban J connectivity index is 2.22. The third kappa shape index (κ3) is 3.01. The molecule has 0 aliphatic heterocycles. The zero-order valence-corrected chi connectivity index (χ0v) is 12.0. The van der Waals surface area contributed by atoms with Crippen LogP contribution >= 0.6 is 15.9 Å². The monoisotopic (exact) mass is 329 g/mol. The molecule has 1 heterocycles. The summed E-state index contributed by atoms with van der Waals surface area (Å²) < 4.78 is 32.7. The summed E-state index contributed by atoms with van der Waals surface area (Å²) in [5, 5.41) is 0. The smallest absolute Gasteiger partial charge is 0.241 e. The van der Waals surface area contributed by atoms with Crippen molar-refractivity contribution < 1.29 is 12.8 Å². The summed E-state index contributed by atoms with van der Waals surface area (Å²) in [5.41, 5.74) is 0.